The van der Waals surface area contributed by atoms with Crippen molar-refractivity contribution in [3.05, 3.63) is 24.2 Å². The van der Waals surface area contributed by atoms with Gasteiger partial charge in [-0.25, -0.2) is 0 Å². The Kier molecular flexibility index (Phi) is 3.66. The lowest BCUT2D eigenvalue weighted by Gasteiger charge is -2.41. The van der Waals surface area contributed by atoms with E-state index in [0.717, 1.165) is 25.4 Å². The second kappa shape index (κ2) is 5.02. The molecule has 1 N–H and O–H groups in total. The molecule has 2 heterocycles. The molecule has 1 aromatic rings. The van der Waals surface area contributed by atoms with Gasteiger partial charge < -0.3 is 9.73 Å². The predicted octanol–water partition coefficient (Wildman–Crippen LogP) is 2.10. The van der Waals surface area contributed by atoms with Gasteiger partial charge >= 0.3 is 0 Å². The number of furan rings is 1. The Morgan fingerprint density at radius 3 is 3.00 bits per heavy atom. The Labute approximate surface area is 97.8 Å². The highest BCUT2D eigenvalue weighted by Crippen LogP contribution is 2.18. The summed E-state index contributed by atoms with van der Waals surface area (Å²) in [5, 5.41) is 3.55. The second-order valence-electron chi connectivity index (χ2n) is 5.13. The fourth-order valence-corrected chi connectivity index (χ4v) is 2.44. The predicted molar refractivity (Wildman–Crippen MR) is 65.2 cm³/mol. The maximum atomic E-state index is 5.44. The van der Waals surface area contributed by atoms with Crippen LogP contribution in [0.4, 0.5) is 0 Å². The summed E-state index contributed by atoms with van der Waals surface area (Å²) < 4.78 is 5.44. The number of hydrogen-bond acceptors (Lipinski definition) is 3. The van der Waals surface area contributed by atoms with E-state index in [9.17, 15) is 0 Å². The zero-order chi connectivity index (χ0) is 11.5. The fourth-order valence-electron chi connectivity index (χ4n) is 2.44. The Morgan fingerprint density at radius 1 is 1.56 bits per heavy atom. The molecular formula is C13H22N2O. The van der Waals surface area contributed by atoms with Crippen molar-refractivity contribution in [2.45, 2.75) is 39.4 Å². The van der Waals surface area contributed by atoms with Crippen LogP contribution in [0.25, 0.3) is 0 Å². The monoisotopic (exact) mass is 222 g/mol. The van der Waals surface area contributed by atoms with Gasteiger partial charge in [0.2, 0.25) is 0 Å². The van der Waals surface area contributed by atoms with E-state index in [1.165, 1.54) is 0 Å². The summed E-state index contributed by atoms with van der Waals surface area (Å²) in [6, 6.07) is 5.21. The van der Waals surface area contributed by atoms with Gasteiger partial charge in [-0.15, -0.1) is 0 Å². The minimum atomic E-state index is 0.574. The third kappa shape index (κ3) is 2.66. The van der Waals surface area contributed by atoms with Crippen molar-refractivity contribution in [3.63, 3.8) is 0 Å². The van der Waals surface area contributed by atoms with Crippen molar-refractivity contribution < 1.29 is 4.42 Å². The molecule has 0 spiro atoms. The quantitative estimate of drug-likeness (QED) is 0.849. The molecule has 0 saturated carbocycles. The highest BCUT2D eigenvalue weighted by atomic mass is 16.3. The summed E-state index contributed by atoms with van der Waals surface area (Å²) in [5.74, 6) is 1.75. The molecule has 1 aromatic heterocycles. The van der Waals surface area contributed by atoms with Crippen molar-refractivity contribution in [3.8, 4) is 0 Å². The van der Waals surface area contributed by atoms with Crippen molar-refractivity contribution in [2.75, 3.05) is 13.1 Å². The van der Waals surface area contributed by atoms with Crippen LogP contribution in [0.2, 0.25) is 0 Å². The van der Waals surface area contributed by atoms with Gasteiger partial charge in [-0.3, -0.25) is 4.90 Å². The molecule has 2 unspecified atom stereocenters. The lowest BCUT2D eigenvalue weighted by Crippen LogP contribution is -2.56. The van der Waals surface area contributed by atoms with Gasteiger partial charge in [-0.1, -0.05) is 13.8 Å². The Morgan fingerprint density at radius 2 is 2.38 bits per heavy atom. The van der Waals surface area contributed by atoms with E-state index in [-0.39, 0.29) is 0 Å². The molecule has 0 amide bonds. The Bertz CT molecular complexity index is 308. The number of hydrogen-bond donors (Lipinski definition) is 1. The highest BCUT2D eigenvalue weighted by molar-refractivity contribution is 4.99. The number of piperazine rings is 1. The Balaban J connectivity index is 2.02. The van der Waals surface area contributed by atoms with E-state index in [1.807, 2.05) is 6.07 Å². The summed E-state index contributed by atoms with van der Waals surface area (Å²) in [5.41, 5.74) is 0. The van der Waals surface area contributed by atoms with Crippen molar-refractivity contribution >= 4 is 0 Å². The first-order chi connectivity index (χ1) is 7.66. The second-order valence-corrected chi connectivity index (χ2v) is 5.13. The molecule has 1 aliphatic rings. The molecule has 0 aromatic carbocycles. The van der Waals surface area contributed by atoms with Gasteiger partial charge in [0.1, 0.15) is 5.76 Å². The summed E-state index contributed by atoms with van der Waals surface area (Å²) in [6.45, 7) is 9.94. The van der Waals surface area contributed by atoms with Crippen LogP contribution in [0, 0.1) is 5.92 Å². The van der Waals surface area contributed by atoms with Gasteiger partial charge in [0.15, 0.2) is 0 Å². The highest BCUT2D eigenvalue weighted by Gasteiger charge is 2.28. The van der Waals surface area contributed by atoms with E-state index in [4.69, 9.17) is 4.42 Å². The topological polar surface area (TPSA) is 28.4 Å². The number of nitrogens with zero attached hydrogens (tertiary/aromatic N) is 1. The van der Waals surface area contributed by atoms with Crippen LogP contribution in [0.5, 0.6) is 0 Å². The normalized spacial score (nSPS) is 27.5. The minimum Gasteiger partial charge on any atom is -0.468 e. The van der Waals surface area contributed by atoms with Gasteiger partial charge in [-0.2, -0.15) is 0 Å². The average molecular weight is 222 g/mol. The van der Waals surface area contributed by atoms with Gasteiger partial charge in [0.25, 0.3) is 0 Å². The molecule has 2 rings (SSSR count). The molecule has 0 aliphatic carbocycles. The van der Waals surface area contributed by atoms with Gasteiger partial charge in [0, 0.05) is 25.2 Å². The smallest absolute Gasteiger partial charge is 0.117 e. The molecule has 1 saturated heterocycles. The van der Waals surface area contributed by atoms with Crippen molar-refractivity contribution in [1.82, 2.24) is 10.2 Å². The summed E-state index contributed by atoms with van der Waals surface area (Å²) >= 11 is 0. The van der Waals surface area contributed by atoms with Crippen LogP contribution in [0.1, 0.15) is 26.5 Å². The molecule has 3 nitrogen and oxygen atoms in total. The zero-order valence-corrected chi connectivity index (χ0v) is 10.4. The SMILES string of the molecule is CC1CN(Cc2ccco2)C(C(C)C)CN1. The Hall–Kier alpha value is -0.800. The first-order valence-electron chi connectivity index (χ1n) is 6.16. The van der Waals surface area contributed by atoms with E-state index < -0.39 is 0 Å². The van der Waals surface area contributed by atoms with Crippen LogP contribution in [0.3, 0.4) is 0 Å². The third-order valence-electron chi connectivity index (χ3n) is 3.36. The van der Waals surface area contributed by atoms with Crippen LogP contribution in [-0.2, 0) is 6.54 Å². The fraction of sp³-hybridized carbons (Fsp3) is 0.692. The van der Waals surface area contributed by atoms with Crippen LogP contribution < -0.4 is 5.32 Å². The molecule has 0 bridgehead atoms. The standard InChI is InChI=1S/C13H22N2O/c1-10(2)13-7-14-11(3)8-15(13)9-12-5-4-6-16-12/h4-6,10-11,13-14H,7-9H2,1-3H3. The first kappa shape index (κ1) is 11.7. The van der Waals surface area contributed by atoms with Crippen LogP contribution in [-0.4, -0.2) is 30.1 Å². The number of rotatable bonds is 3. The molecule has 90 valence electrons. The molecule has 3 heteroatoms. The van der Waals surface area contributed by atoms with Crippen LogP contribution >= 0.6 is 0 Å². The first-order valence-corrected chi connectivity index (χ1v) is 6.16. The average Bonchev–Trinajstić information content (AvgIpc) is 2.70. The minimum absolute atomic E-state index is 0.574. The molecule has 2 atom stereocenters. The summed E-state index contributed by atoms with van der Waals surface area (Å²) in [4.78, 5) is 2.53. The maximum Gasteiger partial charge on any atom is 0.117 e. The van der Waals surface area contributed by atoms with Crippen LogP contribution in [0.15, 0.2) is 22.8 Å². The molecule has 1 fully saturated rings. The number of nitrogens with one attached hydrogen (secondary N) is 1. The molecule has 16 heavy (non-hydrogen) atoms. The van der Waals surface area contributed by atoms with Gasteiger partial charge in [0.05, 0.1) is 12.8 Å². The van der Waals surface area contributed by atoms with E-state index >= 15 is 0 Å². The van der Waals surface area contributed by atoms with E-state index in [1.54, 1.807) is 6.26 Å². The summed E-state index contributed by atoms with van der Waals surface area (Å²) in [6.07, 6.45) is 1.76. The van der Waals surface area contributed by atoms with Gasteiger partial charge in [-0.05, 0) is 25.0 Å². The van der Waals surface area contributed by atoms with E-state index in [0.29, 0.717) is 18.0 Å². The van der Waals surface area contributed by atoms with Crippen molar-refractivity contribution in [2.24, 2.45) is 5.92 Å². The maximum absolute atomic E-state index is 5.44. The molecule has 0 radical (unpaired) electrons. The zero-order valence-electron chi connectivity index (χ0n) is 10.4. The molecular weight excluding hydrogens is 200 g/mol. The van der Waals surface area contributed by atoms with Crippen molar-refractivity contribution in [1.29, 1.82) is 0 Å². The summed E-state index contributed by atoms with van der Waals surface area (Å²) in [7, 11) is 0. The third-order valence-corrected chi connectivity index (χ3v) is 3.36. The largest absolute Gasteiger partial charge is 0.468 e. The molecule has 1 aliphatic heterocycles. The lowest BCUT2D eigenvalue weighted by molar-refractivity contribution is 0.0884. The van der Waals surface area contributed by atoms with E-state index in [2.05, 4.69) is 37.1 Å². The lowest BCUT2D eigenvalue weighted by atomic mass is 9.98.